The number of rotatable bonds is 4. The average molecular weight is 406 g/mol. The molecule has 5 aliphatic rings. The number of benzene rings is 1. The van der Waals surface area contributed by atoms with E-state index in [1.54, 1.807) is 0 Å². The van der Waals surface area contributed by atoms with Crippen LogP contribution < -0.4 is 14.8 Å². The quantitative estimate of drug-likeness (QED) is 0.765. The largest absolute Gasteiger partial charge is 0.454 e. The predicted octanol–water partition coefficient (Wildman–Crippen LogP) is 4.16. The zero-order valence-corrected chi connectivity index (χ0v) is 15.9. The molecule has 2 atom stereocenters. The Kier molecular flexibility index (Phi) is 3.60. The molecule has 134 valence electrons. The molecule has 6 rings (SSSR count). The Bertz CT molecular complexity index is 705. The number of halogens is 1. The molecule has 0 aromatic heterocycles. The molecule has 1 aromatic carbocycles. The molecule has 5 heteroatoms. The second-order valence-corrected chi connectivity index (χ2v) is 10.4. The van der Waals surface area contributed by atoms with E-state index in [-0.39, 0.29) is 18.1 Å². The molecular weight excluding hydrogens is 382 g/mol. The van der Waals surface area contributed by atoms with Crippen molar-refractivity contribution < 1.29 is 14.3 Å². The molecule has 0 spiro atoms. The van der Waals surface area contributed by atoms with Crippen molar-refractivity contribution in [1.29, 1.82) is 0 Å². The van der Waals surface area contributed by atoms with E-state index in [1.165, 1.54) is 38.5 Å². The van der Waals surface area contributed by atoms with E-state index in [9.17, 15) is 4.79 Å². The van der Waals surface area contributed by atoms with Crippen molar-refractivity contribution in [1.82, 2.24) is 5.32 Å². The molecule has 1 N–H and O–H groups in total. The van der Waals surface area contributed by atoms with Crippen molar-refractivity contribution in [3.8, 4) is 11.5 Å². The fourth-order valence-corrected chi connectivity index (χ4v) is 7.71. The van der Waals surface area contributed by atoms with Crippen LogP contribution in [0.2, 0.25) is 0 Å². The van der Waals surface area contributed by atoms with E-state index in [0.717, 1.165) is 28.9 Å². The fourth-order valence-electron chi connectivity index (χ4n) is 6.20. The van der Waals surface area contributed by atoms with Gasteiger partial charge in [-0.3, -0.25) is 4.79 Å². The van der Waals surface area contributed by atoms with Gasteiger partial charge in [0, 0.05) is 17.3 Å². The van der Waals surface area contributed by atoms with Crippen LogP contribution in [-0.4, -0.2) is 17.0 Å². The molecular formula is C20H24BrNO3. The SMILES string of the molecule is O=C(CC12CC3CC(CC(Br)(C3)C1)C2)NCc1ccc2c(c1)OCO2. The zero-order chi connectivity index (χ0) is 17.1. The lowest BCUT2D eigenvalue weighted by Gasteiger charge is -2.60. The molecule has 0 saturated heterocycles. The number of ether oxygens (including phenoxy) is 2. The summed E-state index contributed by atoms with van der Waals surface area (Å²) in [5.41, 5.74) is 1.28. The molecule has 2 unspecified atom stereocenters. The molecule has 0 radical (unpaired) electrons. The second-order valence-electron chi connectivity index (χ2n) is 8.75. The zero-order valence-electron chi connectivity index (χ0n) is 14.4. The number of alkyl halides is 1. The summed E-state index contributed by atoms with van der Waals surface area (Å²) in [7, 11) is 0. The van der Waals surface area contributed by atoms with Gasteiger partial charge in [-0.2, -0.15) is 0 Å². The first kappa shape index (κ1) is 16.0. The maximum atomic E-state index is 12.7. The summed E-state index contributed by atoms with van der Waals surface area (Å²) >= 11 is 4.03. The third-order valence-electron chi connectivity index (χ3n) is 6.57. The molecule has 1 amide bonds. The summed E-state index contributed by atoms with van der Waals surface area (Å²) in [4.78, 5) is 12.7. The topological polar surface area (TPSA) is 47.6 Å². The van der Waals surface area contributed by atoms with Crippen molar-refractivity contribution in [3.05, 3.63) is 23.8 Å². The van der Waals surface area contributed by atoms with Gasteiger partial charge in [0.1, 0.15) is 0 Å². The van der Waals surface area contributed by atoms with Gasteiger partial charge in [-0.15, -0.1) is 0 Å². The van der Waals surface area contributed by atoms with Gasteiger partial charge in [0.2, 0.25) is 12.7 Å². The summed E-state index contributed by atoms with van der Waals surface area (Å²) in [5.74, 6) is 3.39. The molecule has 4 fully saturated rings. The first-order valence-corrected chi connectivity index (χ1v) is 10.1. The molecule has 4 saturated carbocycles. The van der Waals surface area contributed by atoms with Gasteiger partial charge in [0.15, 0.2) is 11.5 Å². The van der Waals surface area contributed by atoms with Gasteiger partial charge in [-0.25, -0.2) is 0 Å². The Morgan fingerprint density at radius 1 is 1.16 bits per heavy atom. The van der Waals surface area contributed by atoms with Gasteiger partial charge < -0.3 is 14.8 Å². The van der Waals surface area contributed by atoms with Gasteiger partial charge in [-0.05, 0) is 73.5 Å². The summed E-state index contributed by atoms with van der Waals surface area (Å²) < 4.78 is 11.1. The van der Waals surface area contributed by atoms with Gasteiger partial charge in [0.25, 0.3) is 0 Å². The van der Waals surface area contributed by atoms with E-state index in [1.807, 2.05) is 18.2 Å². The number of carbonyl (C=O) groups excluding carboxylic acids is 1. The van der Waals surface area contributed by atoms with Crippen molar-refractivity contribution in [2.24, 2.45) is 17.3 Å². The average Bonchev–Trinajstić information content (AvgIpc) is 2.97. The minimum atomic E-state index is 0.190. The summed E-state index contributed by atoms with van der Waals surface area (Å²) in [6.07, 6.45) is 8.34. The van der Waals surface area contributed by atoms with Crippen molar-refractivity contribution in [3.63, 3.8) is 0 Å². The Balaban J connectivity index is 1.22. The third-order valence-corrected chi connectivity index (χ3v) is 7.50. The molecule has 1 heterocycles. The number of hydrogen-bond donors (Lipinski definition) is 1. The van der Waals surface area contributed by atoms with E-state index in [2.05, 4.69) is 21.2 Å². The van der Waals surface area contributed by atoms with Crippen molar-refractivity contribution in [2.45, 2.75) is 55.8 Å². The summed E-state index contributed by atoms with van der Waals surface area (Å²) in [6.45, 7) is 0.835. The Labute approximate surface area is 156 Å². The van der Waals surface area contributed by atoms with Gasteiger partial charge in [0.05, 0.1) is 0 Å². The van der Waals surface area contributed by atoms with Crippen LogP contribution in [-0.2, 0) is 11.3 Å². The Hall–Kier alpha value is -1.23. The summed E-state index contributed by atoms with van der Waals surface area (Å²) in [5, 5.41) is 3.13. The first-order valence-electron chi connectivity index (χ1n) is 9.35. The Morgan fingerprint density at radius 2 is 1.92 bits per heavy atom. The molecule has 4 aliphatic carbocycles. The van der Waals surface area contributed by atoms with Crippen LogP contribution >= 0.6 is 15.9 Å². The molecule has 25 heavy (non-hydrogen) atoms. The van der Waals surface area contributed by atoms with Gasteiger partial charge in [-0.1, -0.05) is 22.0 Å². The lowest BCUT2D eigenvalue weighted by Crippen LogP contribution is -2.54. The number of nitrogens with one attached hydrogen (secondary N) is 1. The van der Waals surface area contributed by atoms with Crippen LogP contribution in [0.25, 0.3) is 0 Å². The number of amides is 1. The maximum absolute atomic E-state index is 12.7. The van der Waals surface area contributed by atoms with Crippen LogP contribution in [0.1, 0.15) is 50.5 Å². The first-order chi connectivity index (χ1) is 12.0. The number of carbonyl (C=O) groups is 1. The molecule has 4 bridgehead atoms. The third kappa shape index (κ3) is 2.94. The number of fused-ring (bicyclic) bond motifs is 1. The Morgan fingerprint density at radius 3 is 2.68 bits per heavy atom. The minimum absolute atomic E-state index is 0.190. The highest BCUT2D eigenvalue weighted by molar-refractivity contribution is 9.10. The molecule has 1 aromatic rings. The van der Waals surface area contributed by atoms with Crippen LogP contribution in [0.4, 0.5) is 0 Å². The minimum Gasteiger partial charge on any atom is -0.454 e. The van der Waals surface area contributed by atoms with E-state index in [4.69, 9.17) is 9.47 Å². The van der Waals surface area contributed by atoms with Crippen molar-refractivity contribution >= 4 is 21.8 Å². The van der Waals surface area contributed by atoms with Crippen LogP contribution in [0.5, 0.6) is 11.5 Å². The second kappa shape index (κ2) is 5.63. The number of hydrogen-bond acceptors (Lipinski definition) is 3. The lowest BCUT2D eigenvalue weighted by atomic mass is 9.48. The van der Waals surface area contributed by atoms with Crippen LogP contribution in [0.3, 0.4) is 0 Å². The highest BCUT2D eigenvalue weighted by Gasteiger charge is 2.57. The highest BCUT2D eigenvalue weighted by atomic mass is 79.9. The molecule has 1 aliphatic heterocycles. The van der Waals surface area contributed by atoms with E-state index in [0.29, 0.717) is 17.3 Å². The smallest absolute Gasteiger partial charge is 0.231 e. The standard InChI is InChI=1S/C20H24BrNO3/c21-20-7-14-3-15(8-20)6-19(5-14,11-20)9-18(23)22-10-13-1-2-16-17(4-13)25-12-24-16/h1-2,4,14-15H,3,5-12H2,(H,22,23). The highest BCUT2D eigenvalue weighted by Crippen LogP contribution is 2.65. The maximum Gasteiger partial charge on any atom is 0.231 e. The fraction of sp³-hybridized carbons (Fsp3) is 0.650. The molecule has 4 nitrogen and oxygen atoms in total. The summed E-state index contributed by atoms with van der Waals surface area (Å²) in [6, 6.07) is 5.87. The normalized spacial score (nSPS) is 37.3. The van der Waals surface area contributed by atoms with Crippen LogP contribution in [0, 0.1) is 17.3 Å². The van der Waals surface area contributed by atoms with E-state index < -0.39 is 0 Å². The van der Waals surface area contributed by atoms with E-state index >= 15 is 0 Å². The van der Waals surface area contributed by atoms with Crippen LogP contribution in [0.15, 0.2) is 18.2 Å². The monoisotopic (exact) mass is 405 g/mol. The lowest BCUT2D eigenvalue weighted by molar-refractivity contribution is -0.128. The van der Waals surface area contributed by atoms with Gasteiger partial charge >= 0.3 is 0 Å². The predicted molar refractivity (Wildman–Crippen MR) is 97.8 cm³/mol. The van der Waals surface area contributed by atoms with Crippen molar-refractivity contribution in [2.75, 3.05) is 6.79 Å².